The lowest BCUT2D eigenvalue weighted by molar-refractivity contribution is -0.136. The minimum absolute atomic E-state index is 0.149. The Morgan fingerprint density at radius 3 is 2.82 bits per heavy atom. The van der Waals surface area contributed by atoms with Crippen molar-refractivity contribution < 1.29 is 9.90 Å². The first-order valence-electron chi connectivity index (χ1n) is 6.05. The van der Waals surface area contributed by atoms with Gasteiger partial charge in [0.2, 0.25) is 0 Å². The van der Waals surface area contributed by atoms with E-state index >= 15 is 0 Å². The van der Waals surface area contributed by atoms with Crippen LogP contribution < -0.4 is 5.32 Å². The van der Waals surface area contributed by atoms with Gasteiger partial charge < -0.3 is 10.4 Å². The third kappa shape index (κ3) is 5.17. The van der Waals surface area contributed by atoms with E-state index in [4.69, 9.17) is 5.11 Å². The maximum absolute atomic E-state index is 10.4. The molecule has 0 saturated heterocycles. The zero-order chi connectivity index (χ0) is 12.7. The van der Waals surface area contributed by atoms with E-state index in [9.17, 15) is 4.79 Å². The summed E-state index contributed by atoms with van der Waals surface area (Å²) in [5.74, 6) is -0.0918. The highest BCUT2D eigenvalue weighted by Crippen LogP contribution is 2.18. The average molecular weight is 256 g/mol. The SMILES string of the molecule is CCC(CC)CNc1nc(CCC(=O)O)cs1. The average Bonchev–Trinajstić information content (AvgIpc) is 2.76. The fourth-order valence-electron chi connectivity index (χ4n) is 1.55. The predicted octanol–water partition coefficient (Wildman–Crippen LogP) is 3.01. The Morgan fingerprint density at radius 1 is 1.53 bits per heavy atom. The van der Waals surface area contributed by atoms with Crippen LogP contribution in [0.3, 0.4) is 0 Å². The molecule has 0 bridgehead atoms. The molecule has 1 aromatic rings. The molecule has 0 aliphatic rings. The van der Waals surface area contributed by atoms with Gasteiger partial charge in [-0.1, -0.05) is 26.7 Å². The van der Waals surface area contributed by atoms with Crippen LogP contribution in [-0.4, -0.2) is 22.6 Å². The Balaban J connectivity index is 2.37. The number of rotatable bonds is 8. The van der Waals surface area contributed by atoms with Gasteiger partial charge in [0.05, 0.1) is 12.1 Å². The molecule has 0 atom stereocenters. The first-order chi connectivity index (χ1) is 8.15. The standard InChI is InChI=1S/C12H20N2O2S/c1-3-9(4-2)7-13-12-14-10(8-17-12)5-6-11(15)16/h8-9H,3-7H2,1-2H3,(H,13,14)(H,15,16). The summed E-state index contributed by atoms with van der Waals surface area (Å²) in [6.45, 7) is 5.32. The highest BCUT2D eigenvalue weighted by Gasteiger charge is 2.06. The summed E-state index contributed by atoms with van der Waals surface area (Å²) in [5, 5.41) is 14.7. The molecule has 2 N–H and O–H groups in total. The molecule has 96 valence electrons. The van der Waals surface area contributed by atoms with Crippen LogP contribution >= 0.6 is 11.3 Å². The highest BCUT2D eigenvalue weighted by molar-refractivity contribution is 7.13. The maximum Gasteiger partial charge on any atom is 0.303 e. The van der Waals surface area contributed by atoms with E-state index < -0.39 is 5.97 Å². The number of aliphatic carboxylic acids is 1. The number of aryl methyl sites for hydroxylation is 1. The van der Waals surface area contributed by atoms with Crippen molar-refractivity contribution in [2.24, 2.45) is 5.92 Å². The summed E-state index contributed by atoms with van der Waals surface area (Å²) < 4.78 is 0. The molecule has 0 amide bonds. The summed E-state index contributed by atoms with van der Waals surface area (Å²) >= 11 is 1.55. The summed E-state index contributed by atoms with van der Waals surface area (Å²) in [6.07, 6.45) is 3.00. The predicted molar refractivity (Wildman–Crippen MR) is 70.6 cm³/mol. The van der Waals surface area contributed by atoms with Crippen LogP contribution in [0.4, 0.5) is 5.13 Å². The molecule has 0 saturated carbocycles. The van der Waals surface area contributed by atoms with E-state index in [0.29, 0.717) is 12.3 Å². The molecule has 0 aromatic carbocycles. The van der Waals surface area contributed by atoms with Crippen LogP contribution in [-0.2, 0) is 11.2 Å². The summed E-state index contributed by atoms with van der Waals surface area (Å²) in [5.41, 5.74) is 0.865. The number of carboxylic acid groups (broad SMARTS) is 1. The third-order valence-electron chi connectivity index (χ3n) is 2.84. The van der Waals surface area contributed by atoms with Crippen molar-refractivity contribution in [1.82, 2.24) is 4.98 Å². The Labute approximate surface area is 106 Å². The van der Waals surface area contributed by atoms with Gasteiger partial charge in [-0.2, -0.15) is 0 Å². The lowest BCUT2D eigenvalue weighted by Crippen LogP contribution is -2.12. The zero-order valence-corrected chi connectivity index (χ0v) is 11.2. The second kappa shape index (κ2) is 7.27. The molecule has 0 aliphatic carbocycles. The zero-order valence-electron chi connectivity index (χ0n) is 10.4. The number of hydrogen-bond donors (Lipinski definition) is 2. The quantitative estimate of drug-likeness (QED) is 0.750. The molecule has 0 fully saturated rings. The van der Waals surface area contributed by atoms with Crippen LogP contribution in [0.5, 0.6) is 0 Å². The van der Waals surface area contributed by atoms with Crippen LogP contribution in [0.1, 0.15) is 38.8 Å². The minimum Gasteiger partial charge on any atom is -0.481 e. The van der Waals surface area contributed by atoms with Gasteiger partial charge in [0.1, 0.15) is 0 Å². The van der Waals surface area contributed by atoms with Crippen LogP contribution in [0, 0.1) is 5.92 Å². The largest absolute Gasteiger partial charge is 0.481 e. The van der Waals surface area contributed by atoms with Crippen molar-refractivity contribution in [3.05, 3.63) is 11.1 Å². The number of thiazole rings is 1. The molecule has 1 aromatic heterocycles. The molecule has 0 unspecified atom stereocenters. The van der Waals surface area contributed by atoms with Gasteiger partial charge in [-0.25, -0.2) is 4.98 Å². The second-order valence-electron chi connectivity index (χ2n) is 4.10. The Kier molecular flexibility index (Phi) is 5.97. The van der Waals surface area contributed by atoms with Crippen molar-refractivity contribution in [3.63, 3.8) is 0 Å². The normalized spacial score (nSPS) is 10.8. The fourth-order valence-corrected chi connectivity index (χ4v) is 2.30. The third-order valence-corrected chi connectivity index (χ3v) is 3.69. The smallest absolute Gasteiger partial charge is 0.303 e. The molecule has 1 heterocycles. The van der Waals surface area contributed by atoms with E-state index in [1.807, 2.05) is 5.38 Å². The monoisotopic (exact) mass is 256 g/mol. The van der Waals surface area contributed by atoms with Crippen molar-refractivity contribution >= 4 is 22.4 Å². The summed E-state index contributed by atoms with van der Waals surface area (Å²) in [6, 6.07) is 0. The van der Waals surface area contributed by atoms with Crippen LogP contribution in [0.2, 0.25) is 0 Å². The van der Waals surface area contributed by atoms with E-state index in [1.54, 1.807) is 11.3 Å². The molecule has 5 heteroatoms. The molecule has 17 heavy (non-hydrogen) atoms. The lowest BCUT2D eigenvalue weighted by Gasteiger charge is -2.11. The van der Waals surface area contributed by atoms with Crippen LogP contribution in [0.15, 0.2) is 5.38 Å². The van der Waals surface area contributed by atoms with Crippen molar-refractivity contribution in [2.75, 3.05) is 11.9 Å². The number of carboxylic acids is 1. The number of aromatic nitrogens is 1. The van der Waals surface area contributed by atoms with E-state index in [2.05, 4.69) is 24.1 Å². The van der Waals surface area contributed by atoms with Crippen molar-refractivity contribution in [3.8, 4) is 0 Å². The summed E-state index contributed by atoms with van der Waals surface area (Å²) in [7, 11) is 0. The van der Waals surface area contributed by atoms with Gasteiger partial charge in [0.25, 0.3) is 0 Å². The number of anilines is 1. The molecule has 0 radical (unpaired) electrons. The molecular weight excluding hydrogens is 236 g/mol. The van der Waals surface area contributed by atoms with Gasteiger partial charge in [0, 0.05) is 18.3 Å². The second-order valence-corrected chi connectivity index (χ2v) is 4.96. The fraction of sp³-hybridized carbons (Fsp3) is 0.667. The molecular formula is C12H20N2O2S. The van der Waals surface area contributed by atoms with Gasteiger partial charge in [-0.15, -0.1) is 11.3 Å². The Morgan fingerprint density at radius 2 is 2.24 bits per heavy atom. The minimum atomic E-state index is -0.774. The van der Waals surface area contributed by atoms with Gasteiger partial charge >= 0.3 is 5.97 Å². The first kappa shape index (κ1) is 14.0. The van der Waals surface area contributed by atoms with E-state index in [0.717, 1.165) is 17.4 Å². The number of nitrogens with zero attached hydrogens (tertiary/aromatic N) is 1. The molecule has 1 rings (SSSR count). The molecule has 4 nitrogen and oxygen atoms in total. The van der Waals surface area contributed by atoms with Crippen molar-refractivity contribution in [2.45, 2.75) is 39.5 Å². The maximum atomic E-state index is 10.4. The van der Waals surface area contributed by atoms with Gasteiger partial charge in [0.15, 0.2) is 5.13 Å². The first-order valence-corrected chi connectivity index (χ1v) is 6.93. The number of carbonyl (C=O) groups is 1. The number of nitrogens with one attached hydrogen (secondary N) is 1. The summed E-state index contributed by atoms with van der Waals surface area (Å²) in [4.78, 5) is 14.8. The topological polar surface area (TPSA) is 62.2 Å². The highest BCUT2D eigenvalue weighted by atomic mass is 32.1. The van der Waals surface area contributed by atoms with E-state index in [-0.39, 0.29) is 6.42 Å². The van der Waals surface area contributed by atoms with Crippen LogP contribution in [0.25, 0.3) is 0 Å². The molecule has 0 aliphatic heterocycles. The Bertz CT molecular complexity index is 348. The molecule has 0 spiro atoms. The Hall–Kier alpha value is -1.10. The van der Waals surface area contributed by atoms with E-state index in [1.165, 1.54) is 12.8 Å². The van der Waals surface area contributed by atoms with Gasteiger partial charge in [-0.05, 0) is 5.92 Å². The van der Waals surface area contributed by atoms with Crippen molar-refractivity contribution in [1.29, 1.82) is 0 Å². The lowest BCUT2D eigenvalue weighted by atomic mass is 10.0. The number of hydrogen-bond acceptors (Lipinski definition) is 4. The van der Waals surface area contributed by atoms with Gasteiger partial charge in [-0.3, -0.25) is 4.79 Å².